The van der Waals surface area contributed by atoms with Crippen molar-refractivity contribution in [3.8, 4) is 0 Å². The molecule has 2 aromatic rings. The van der Waals surface area contributed by atoms with E-state index in [0.29, 0.717) is 6.54 Å². The minimum Gasteiger partial charge on any atom is -0.312 e. The van der Waals surface area contributed by atoms with Crippen molar-refractivity contribution in [3.63, 3.8) is 0 Å². The lowest BCUT2D eigenvalue weighted by Crippen LogP contribution is -2.40. The second-order valence-corrected chi connectivity index (χ2v) is 7.37. The number of nitrogens with zero attached hydrogens (tertiary/aromatic N) is 1. The van der Waals surface area contributed by atoms with Crippen LogP contribution in [0, 0.1) is 6.92 Å². The van der Waals surface area contributed by atoms with Crippen molar-refractivity contribution < 1.29 is 13.2 Å². The number of hydrogen-bond acceptors (Lipinski definition) is 3. The fourth-order valence-electron chi connectivity index (χ4n) is 2.29. The molecule has 1 amide bonds. The molecule has 0 fully saturated rings. The average Bonchev–Trinajstić information content (AvgIpc) is 2.54. The summed E-state index contributed by atoms with van der Waals surface area (Å²) in [6.07, 6.45) is 0. The first-order valence-corrected chi connectivity index (χ1v) is 9.32. The summed E-state index contributed by atoms with van der Waals surface area (Å²) in [6.45, 7) is 3.87. The van der Waals surface area contributed by atoms with Crippen LogP contribution in [0.2, 0.25) is 5.02 Å². The van der Waals surface area contributed by atoms with Gasteiger partial charge in [0.15, 0.2) is 0 Å². The molecule has 2 aromatic carbocycles. The number of halogens is 1. The van der Waals surface area contributed by atoms with Crippen LogP contribution in [0.1, 0.15) is 12.5 Å². The molecule has 24 heavy (non-hydrogen) atoms. The third-order valence-corrected chi connectivity index (χ3v) is 5.37. The lowest BCUT2D eigenvalue weighted by molar-refractivity contribution is -0.117. The summed E-state index contributed by atoms with van der Waals surface area (Å²) < 4.78 is 26.9. The van der Waals surface area contributed by atoms with Gasteiger partial charge in [-0.25, -0.2) is 13.1 Å². The molecule has 2 rings (SSSR count). The first-order valence-electron chi connectivity index (χ1n) is 7.46. The molecular formula is C17H19ClN2O3S. The number of amides is 1. The monoisotopic (exact) mass is 366 g/mol. The van der Waals surface area contributed by atoms with Crippen molar-refractivity contribution in [2.75, 3.05) is 18.0 Å². The molecule has 1 N–H and O–H groups in total. The third kappa shape index (κ3) is 4.35. The molecule has 0 unspecified atom stereocenters. The molecule has 0 saturated heterocycles. The standard InChI is InChI=1S/C17H19ClN2O3S/c1-3-20(14-8-6-7-13(2)11-14)17(21)12-19-24(22,23)16-10-5-4-9-15(16)18/h4-11,19H,3,12H2,1-2H3. The van der Waals surface area contributed by atoms with Crippen LogP contribution in [0.25, 0.3) is 0 Å². The van der Waals surface area contributed by atoms with E-state index in [0.717, 1.165) is 11.3 Å². The van der Waals surface area contributed by atoms with Crippen LogP contribution in [0.5, 0.6) is 0 Å². The second kappa shape index (κ2) is 7.79. The summed E-state index contributed by atoms with van der Waals surface area (Å²) >= 11 is 5.91. The highest BCUT2D eigenvalue weighted by atomic mass is 35.5. The van der Waals surface area contributed by atoms with Crippen LogP contribution in [0.4, 0.5) is 5.69 Å². The Morgan fingerprint density at radius 2 is 1.88 bits per heavy atom. The van der Waals surface area contributed by atoms with Crippen LogP contribution in [-0.4, -0.2) is 27.4 Å². The summed E-state index contributed by atoms with van der Waals surface area (Å²) in [4.78, 5) is 13.9. The molecule has 0 bridgehead atoms. The van der Waals surface area contributed by atoms with Crippen LogP contribution in [0.3, 0.4) is 0 Å². The highest BCUT2D eigenvalue weighted by Gasteiger charge is 2.21. The first kappa shape index (κ1) is 18.4. The molecule has 7 heteroatoms. The Labute approximate surface area is 147 Å². The van der Waals surface area contributed by atoms with Gasteiger partial charge in [0.1, 0.15) is 4.90 Å². The Balaban J connectivity index is 2.13. The van der Waals surface area contributed by atoms with E-state index in [1.165, 1.54) is 17.0 Å². The minimum absolute atomic E-state index is 0.0435. The first-order chi connectivity index (χ1) is 11.3. The molecule has 0 atom stereocenters. The van der Waals surface area contributed by atoms with Crippen molar-refractivity contribution in [3.05, 3.63) is 59.1 Å². The maximum atomic E-state index is 12.4. The van der Waals surface area contributed by atoms with Crippen LogP contribution in [0.15, 0.2) is 53.4 Å². The van der Waals surface area contributed by atoms with E-state index in [1.54, 1.807) is 12.1 Å². The van der Waals surface area contributed by atoms with Gasteiger partial charge < -0.3 is 4.90 Å². The fraction of sp³-hybridized carbons (Fsp3) is 0.235. The molecule has 0 aromatic heterocycles. The number of rotatable bonds is 6. The van der Waals surface area contributed by atoms with Gasteiger partial charge in [-0.3, -0.25) is 4.79 Å². The van der Waals surface area contributed by atoms with Crippen LogP contribution >= 0.6 is 11.6 Å². The number of likely N-dealkylation sites (N-methyl/N-ethyl adjacent to an activating group) is 1. The largest absolute Gasteiger partial charge is 0.312 e. The topological polar surface area (TPSA) is 66.5 Å². The van der Waals surface area contributed by atoms with E-state index in [4.69, 9.17) is 11.6 Å². The fourth-order valence-corrected chi connectivity index (χ4v) is 3.78. The van der Waals surface area contributed by atoms with Gasteiger partial charge in [0.25, 0.3) is 0 Å². The molecule has 0 aliphatic rings. The Morgan fingerprint density at radius 1 is 1.17 bits per heavy atom. The Bertz CT molecular complexity index is 837. The van der Waals surface area contributed by atoms with Gasteiger partial charge in [-0.1, -0.05) is 35.9 Å². The number of nitrogens with one attached hydrogen (secondary N) is 1. The minimum atomic E-state index is -3.85. The zero-order chi connectivity index (χ0) is 17.7. The second-order valence-electron chi connectivity index (χ2n) is 5.23. The number of benzene rings is 2. The van der Waals surface area contributed by atoms with Crippen LogP contribution < -0.4 is 9.62 Å². The van der Waals surface area contributed by atoms with Crippen molar-refractivity contribution in [2.45, 2.75) is 18.7 Å². The average molecular weight is 367 g/mol. The van der Waals surface area contributed by atoms with E-state index >= 15 is 0 Å². The Kier molecular flexibility index (Phi) is 5.99. The lowest BCUT2D eigenvalue weighted by Gasteiger charge is -2.21. The number of sulfonamides is 1. The number of hydrogen-bond donors (Lipinski definition) is 1. The van der Waals surface area contributed by atoms with Gasteiger partial charge in [0, 0.05) is 12.2 Å². The highest BCUT2D eigenvalue weighted by Crippen LogP contribution is 2.20. The molecule has 0 aliphatic carbocycles. The zero-order valence-corrected chi connectivity index (χ0v) is 15.1. The summed E-state index contributed by atoms with van der Waals surface area (Å²) in [5.74, 6) is -0.335. The quantitative estimate of drug-likeness (QED) is 0.854. The molecule has 0 saturated carbocycles. The van der Waals surface area contributed by atoms with Gasteiger partial charge in [-0.05, 0) is 43.7 Å². The smallest absolute Gasteiger partial charge is 0.242 e. The molecule has 5 nitrogen and oxygen atoms in total. The van der Waals surface area contributed by atoms with E-state index in [2.05, 4.69) is 4.72 Å². The van der Waals surface area contributed by atoms with Crippen molar-refractivity contribution in [2.24, 2.45) is 0 Å². The summed E-state index contributed by atoms with van der Waals surface area (Å²) in [6, 6.07) is 13.6. The molecular weight excluding hydrogens is 348 g/mol. The maximum absolute atomic E-state index is 12.4. The van der Waals surface area contributed by atoms with E-state index < -0.39 is 10.0 Å². The van der Waals surface area contributed by atoms with Gasteiger partial charge >= 0.3 is 0 Å². The summed E-state index contributed by atoms with van der Waals surface area (Å²) in [5.41, 5.74) is 1.76. The highest BCUT2D eigenvalue weighted by molar-refractivity contribution is 7.89. The number of carbonyl (C=O) groups excluding carboxylic acids is 1. The predicted molar refractivity (Wildman–Crippen MR) is 95.8 cm³/mol. The Hall–Kier alpha value is -1.89. The summed E-state index contributed by atoms with van der Waals surface area (Å²) in [5, 5.41) is 0.114. The van der Waals surface area contributed by atoms with Crippen LogP contribution in [-0.2, 0) is 14.8 Å². The molecule has 0 heterocycles. The van der Waals surface area contributed by atoms with E-state index in [1.807, 2.05) is 38.1 Å². The Morgan fingerprint density at radius 3 is 2.50 bits per heavy atom. The predicted octanol–water partition coefficient (Wildman–Crippen LogP) is 2.98. The maximum Gasteiger partial charge on any atom is 0.242 e. The molecule has 0 spiro atoms. The molecule has 0 radical (unpaired) electrons. The number of anilines is 1. The SMILES string of the molecule is CCN(C(=O)CNS(=O)(=O)c1ccccc1Cl)c1cccc(C)c1. The lowest BCUT2D eigenvalue weighted by atomic mass is 10.2. The zero-order valence-electron chi connectivity index (χ0n) is 13.5. The van der Waals surface area contributed by atoms with Crippen molar-refractivity contribution in [1.82, 2.24) is 4.72 Å². The summed E-state index contributed by atoms with van der Waals surface area (Å²) in [7, 11) is -3.85. The van der Waals surface area contributed by atoms with Gasteiger partial charge in [0.2, 0.25) is 15.9 Å². The number of carbonyl (C=O) groups is 1. The van der Waals surface area contributed by atoms with Gasteiger partial charge in [-0.2, -0.15) is 0 Å². The normalized spacial score (nSPS) is 11.3. The van der Waals surface area contributed by atoms with E-state index in [-0.39, 0.29) is 22.4 Å². The van der Waals surface area contributed by atoms with Gasteiger partial charge in [0.05, 0.1) is 11.6 Å². The molecule has 0 aliphatic heterocycles. The third-order valence-electron chi connectivity index (χ3n) is 3.47. The van der Waals surface area contributed by atoms with E-state index in [9.17, 15) is 13.2 Å². The van der Waals surface area contributed by atoms with Gasteiger partial charge in [-0.15, -0.1) is 0 Å². The van der Waals surface area contributed by atoms with Crippen molar-refractivity contribution >= 4 is 33.2 Å². The van der Waals surface area contributed by atoms with Crippen molar-refractivity contribution in [1.29, 1.82) is 0 Å². The molecule has 128 valence electrons. The number of aryl methyl sites for hydroxylation is 1.